The number of amides is 2. The number of para-hydroxylation sites is 1. The predicted molar refractivity (Wildman–Crippen MR) is 130 cm³/mol. The van der Waals surface area contributed by atoms with Gasteiger partial charge < -0.3 is 0 Å². The molecule has 33 heavy (non-hydrogen) atoms. The Bertz CT molecular complexity index is 1410. The molecule has 0 unspecified atom stereocenters. The summed E-state index contributed by atoms with van der Waals surface area (Å²) in [6, 6.07) is 20.4. The van der Waals surface area contributed by atoms with Crippen LogP contribution in [0.2, 0.25) is 10.0 Å². The van der Waals surface area contributed by atoms with Crippen molar-refractivity contribution in [2.24, 2.45) is 0 Å². The third kappa shape index (κ3) is 5.19. The molecular formula is C23H16Cl2N4O3S. The highest BCUT2D eigenvalue weighted by Crippen LogP contribution is 2.29. The van der Waals surface area contributed by atoms with Gasteiger partial charge in [-0.25, -0.2) is 0 Å². The minimum Gasteiger partial charge on any atom is -0.272 e. The Morgan fingerprint density at radius 3 is 2.36 bits per heavy atom. The lowest BCUT2D eigenvalue weighted by atomic mass is 10.1. The van der Waals surface area contributed by atoms with E-state index in [0.717, 1.165) is 4.68 Å². The van der Waals surface area contributed by atoms with E-state index in [9.17, 15) is 14.4 Å². The molecular weight excluding hydrogens is 483 g/mol. The summed E-state index contributed by atoms with van der Waals surface area (Å²) in [4.78, 5) is 38.7. The van der Waals surface area contributed by atoms with Gasteiger partial charge in [0.05, 0.1) is 21.8 Å². The first-order chi connectivity index (χ1) is 15.9. The second-order valence-electron chi connectivity index (χ2n) is 6.81. The lowest BCUT2D eigenvalue weighted by Gasteiger charge is -2.12. The van der Waals surface area contributed by atoms with Gasteiger partial charge in [-0.15, -0.1) is 11.8 Å². The van der Waals surface area contributed by atoms with Gasteiger partial charge in [0.2, 0.25) is 5.91 Å². The van der Waals surface area contributed by atoms with Crippen LogP contribution < -0.4 is 16.4 Å². The zero-order valence-corrected chi connectivity index (χ0v) is 19.2. The first kappa shape index (κ1) is 22.8. The van der Waals surface area contributed by atoms with Crippen LogP contribution in [0.4, 0.5) is 0 Å². The minimum absolute atomic E-state index is 0.000100. The lowest BCUT2D eigenvalue weighted by Crippen LogP contribution is -2.43. The van der Waals surface area contributed by atoms with Crippen LogP contribution in [-0.4, -0.2) is 27.3 Å². The van der Waals surface area contributed by atoms with Crippen molar-refractivity contribution >= 4 is 57.6 Å². The zero-order chi connectivity index (χ0) is 23.4. The van der Waals surface area contributed by atoms with Crippen LogP contribution in [0.3, 0.4) is 0 Å². The SMILES string of the molecule is O=C(CSc1cc(Cl)ccc1Cl)NNC(=O)c1nn(-c2ccccc2)c(=O)c2ccccc12. The quantitative estimate of drug-likeness (QED) is 0.317. The van der Waals surface area contributed by atoms with E-state index in [-0.39, 0.29) is 17.0 Å². The summed E-state index contributed by atoms with van der Waals surface area (Å²) in [6.45, 7) is 0. The van der Waals surface area contributed by atoms with Gasteiger partial charge in [0.1, 0.15) is 0 Å². The van der Waals surface area contributed by atoms with E-state index < -0.39 is 11.8 Å². The number of halogens is 2. The van der Waals surface area contributed by atoms with Crippen molar-refractivity contribution in [1.82, 2.24) is 20.6 Å². The van der Waals surface area contributed by atoms with Crippen molar-refractivity contribution in [3.63, 3.8) is 0 Å². The maximum absolute atomic E-state index is 12.9. The van der Waals surface area contributed by atoms with Gasteiger partial charge >= 0.3 is 0 Å². The molecule has 0 bridgehead atoms. The molecule has 166 valence electrons. The number of rotatable bonds is 5. The van der Waals surface area contributed by atoms with E-state index in [1.807, 2.05) is 6.07 Å². The van der Waals surface area contributed by atoms with Crippen LogP contribution in [0, 0.1) is 0 Å². The van der Waals surface area contributed by atoms with Crippen LogP contribution in [0.1, 0.15) is 10.5 Å². The number of fused-ring (bicyclic) bond motifs is 1. The number of nitrogens with one attached hydrogen (secondary N) is 2. The largest absolute Gasteiger partial charge is 0.290 e. The summed E-state index contributed by atoms with van der Waals surface area (Å²) in [7, 11) is 0. The fourth-order valence-electron chi connectivity index (χ4n) is 3.05. The summed E-state index contributed by atoms with van der Waals surface area (Å²) >= 11 is 13.2. The Morgan fingerprint density at radius 1 is 0.909 bits per heavy atom. The maximum atomic E-state index is 12.9. The number of nitrogens with zero attached hydrogens (tertiary/aromatic N) is 2. The van der Waals surface area contributed by atoms with E-state index in [1.54, 1.807) is 66.7 Å². The molecule has 0 fully saturated rings. The fourth-order valence-corrected chi connectivity index (χ4v) is 4.35. The molecule has 2 amide bonds. The van der Waals surface area contributed by atoms with Crippen LogP contribution in [0.15, 0.2) is 82.5 Å². The molecule has 0 atom stereocenters. The highest BCUT2D eigenvalue weighted by molar-refractivity contribution is 8.00. The number of carbonyl (C=O) groups is 2. The molecule has 4 aromatic rings. The van der Waals surface area contributed by atoms with Crippen LogP contribution >= 0.6 is 35.0 Å². The first-order valence-corrected chi connectivity index (χ1v) is 11.4. The van der Waals surface area contributed by atoms with Crippen molar-refractivity contribution < 1.29 is 9.59 Å². The Balaban J connectivity index is 1.53. The molecule has 2 N–H and O–H groups in total. The topological polar surface area (TPSA) is 93.1 Å². The standard InChI is InChI=1S/C23H16Cl2N4O3S/c24-14-10-11-18(25)19(12-14)33-13-20(30)26-27-22(31)21-16-8-4-5-9-17(16)23(32)29(28-21)15-6-2-1-3-7-15/h1-12H,13H2,(H,26,30)(H,27,31). The molecule has 0 saturated carbocycles. The highest BCUT2D eigenvalue weighted by atomic mass is 35.5. The molecule has 0 aliphatic carbocycles. The number of carbonyl (C=O) groups excluding carboxylic acids is 2. The predicted octanol–water partition coefficient (Wildman–Crippen LogP) is 4.25. The number of aromatic nitrogens is 2. The van der Waals surface area contributed by atoms with E-state index in [1.165, 1.54) is 11.8 Å². The molecule has 0 aliphatic heterocycles. The number of hydrazine groups is 1. The van der Waals surface area contributed by atoms with Gasteiger partial charge in [0, 0.05) is 15.3 Å². The van der Waals surface area contributed by atoms with E-state index >= 15 is 0 Å². The van der Waals surface area contributed by atoms with Crippen molar-refractivity contribution in [3.05, 3.63) is 98.9 Å². The summed E-state index contributed by atoms with van der Waals surface area (Å²) in [5, 5.41) is 5.95. The molecule has 10 heteroatoms. The van der Waals surface area contributed by atoms with Gasteiger partial charge in [-0.05, 0) is 36.4 Å². The normalized spacial score (nSPS) is 10.7. The van der Waals surface area contributed by atoms with Crippen molar-refractivity contribution in [2.75, 3.05) is 5.75 Å². The molecule has 1 aromatic heterocycles. The molecule has 0 saturated heterocycles. The number of benzene rings is 3. The fraction of sp³-hybridized carbons (Fsp3) is 0.0435. The second-order valence-corrected chi connectivity index (χ2v) is 8.67. The second kappa shape index (κ2) is 10.1. The summed E-state index contributed by atoms with van der Waals surface area (Å²) in [5.74, 6) is -1.11. The molecule has 0 aliphatic rings. The van der Waals surface area contributed by atoms with Gasteiger partial charge in [0.25, 0.3) is 11.5 Å². The number of thioether (sulfide) groups is 1. The molecule has 3 aromatic carbocycles. The van der Waals surface area contributed by atoms with Crippen LogP contribution in [0.25, 0.3) is 16.5 Å². The average Bonchev–Trinajstić information content (AvgIpc) is 2.84. The Morgan fingerprint density at radius 2 is 1.61 bits per heavy atom. The van der Waals surface area contributed by atoms with Gasteiger partial charge in [0.15, 0.2) is 5.69 Å². The maximum Gasteiger partial charge on any atom is 0.290 e. The van der Waals surface area contributed by atoms with E-state index in [4.69, 9.17) is 23.2 Å². The average molecular weight is 499 g/mol. The Kier molecular flexibility index (Phi) is 6.98. The van der Waals surface area contributed by atoms with Gasteiger partial charge in [-0.2, -0.15) is 9.78 Å². The molecule has 0 spiro atoms. The highest BCUT2D eigenvalue weighted by Gasteiger charge is 2.18. The first-order valence-electron chi connectivity index (χ1n) is 9.68. The van der Waals surface area contributed by atoms with Crippen LogP contribution in [-0.2, 0) is 4.79 Å². The Labute approximate surface area is 202 Å². The van der Waals surface area contributed by atoms with Gasteiger partial charge in [-0.3, -0.25) is 25.2 Å². The molecule has 7 nitrogen and oxygen atoms in total. The molecule has 1 heterocycles. The summed E-state index contributed by atoms with van der Waals surface area (Å²) < 4.78 is 1.16. The Hall–Kier alpha value is -3.33. The third-order valence-electron chi connectivity index (χ3n) is 4.59. The molecule has 4 rings (SSSR count). The smallest absolute Gasteiger partial charge is 0.272 e. The zero-order valence-electron chi connectivity index (χ0n) is 16.9. The lowest BCUT2D eigenvalue weighted by molar-refractivity contribution is -0.119. The van der Waals surface area contributed by atoms with Crippen molar-refractivity contribution in [1.29, 1.82) is 0 Å². The van der Waals surface area contributed by atoms with E-state index in [2.05, 4.69) is 16.0 Å². The molecule has 0 radical (unpaired) electrons. The number of hydrogen-bond donors (Lipinski definition) is 2. The monoisotopic (exact) mass is 498 g/mol. The van der Waals surface area contributed by atoms with Gasteiger partial charge in [-0.1, -0.05) is 59.6 Å². The minimum atomic E-state index is -0.657. The number of hydrogen-bond acceptors (Lipinski definition) is 5. The van der Waals surface area contributed by atoms with E-state index in [0.29, 0.717) is 31.4 Å². The summed E-state index contributed by atoms with van der Waals surface area (Å²) in [5.41, 5.74) is 4.88. The van der Waals surface area contributed by atoms with Crippen molar-refractivity contribution in [2.45, 2.75) is 4.90 Å². The van der Waals surface area contributed by atoms with Crippen molar-refractivity contribution in [3.8, 4) is 5.69 Å². The third-order valence-corrected chi connectivity index (χ3v) is 6.32. The summed E-state index contributed by atoms with van der Waals surface area (Å²) in [6.07, 6.45) is 0. The van der Waals surface area contributed by atoms with Crippen LogP contribution in [0.5, 0.6) is 0 Å².